The maximum absolute atomic E-state index is 13.1. The summed E-state index contributed by atoms with van der Waals surface area (Å²) in [7, 11) is 0. The average molecular weight is 340 g/mol. The van der Waals surface area contributed by atoms with Crippen LogP contribution in [0, 0.1) is 5.41 Å². The zero-order valence-electron chi connectivity index (χ0n) is 15.0. The molecule has 2 aliphatic heterocycles. The minimum atomic E-state index is -0.332. The van der Waals surface area contributed by atoms with Crippen molar-refractivity contribution in [2.75, 3.05) is 26.2 Å². The first-order valence-corrected chi connectivity index (χ1v) is 9.37. The van der Waals surface area contributed by atoms with E-state index in [1.165, 1.54) is 5.56 Å². The predicted octanol–water partition coefficient (Wildman–Crippen LogP) is 3.04. The van der Waals surface area contributed by atoms with Crippen LogP contribution in [0.15, 0.2) is 43.0 Å². The highest BCUT2D eigenvalue weighted by atomic mass is 16.2. The molecule has 0 radical (unpaired) electrons. The summed E-state index contributed by atoms with van der Waals surface area (Å²) in [6.07, 6.45) is 6.77. The van der Waals surface area contributed by atoms with E-state index in [2.05, 4.69) is 30.8 Å². The Bertz CT molecular complexity index is 628. The van der Waals surface area contributed by atoms with Crippen LogP contribution in [0.2, 0.25) is 0 Å². The van der Waals surface area contributed by atoms with Gasteiger partial charge in [-0.1, -0.05) is 36.4 Å². The van der Waals surface area contributed by atoms with Gasteiger partial charge in [0, 0.05) is 32.6 Å². The largest absolute Gasteiger partial charge is 0.342 e. The van der Waals surface area contributed by atoms with Gasteiger partial charge in [0.05, 0.1) is 5.41 Å². The molecule has 1 spiro atoms. The van der Waals surface area contributed by atoms with Crippen molar-refractivity contribution in [1.29, 1.82) is 0 Å². The molecule has 2 heterocycles. The lowest BCUT2D eigenvalue weighted by Crippen LogP contribution is -2.50. The van der Waals surface area contributed by atoms with Gasteiger partial charge in [-0.25, -0.2) is 0 Å². The fourth-order valence-electron chi connectivity index (χ4n) is 4.20. The molecule has 2 fully saturated rings. The zero-order valence-corrected chi connectivity index (χ0v) is 15.0. The van der Waals surface area contributed by atoms with Gasteiger partial charge < -0.3 is 9.80 Å². The Morgan fingerprint density at radius 3 is 2.76 bits per heavy atom. The number of hydrogen-bond donors (Lipinski definition) is 0. The van der Waals surface area contributed by atoms with Gasteiger partial charge in [0.15, 0.2) is 0 Å². The van der Waals surface area contributed by atoms with Crippen LogP contribution in [-0.4, -0.2) is 47.8 Å². The van der Waals surface area contributed by atoms with Crippen molar-refractivity contribution in [1.82, 2.24) is 9.80 Å². The lowest BCUT2D eigenvalue weighted by atomic mass is 9.78. The molecule has 2 aliphatic rings. The second-order valence-corrected chi connectivity index (χ2v) is 7.32. The first-order chi connectivity index (χ1) is 12.1. The van der Waals surface area contributed by atoms with Crippen LogP contribution in [0.4, 0.5) is 0 Å². The number of benzene rings is 1. The summed E-state index contributed by atoms with van der Waals surface area (Å²) in [5.74, 6) is 0.363. The summed E-state index contributed by atoms with van der Waals surface area (Å²) in [4.78, 5) is 29.1. The molecule has 1 aromatic rings. The van der Waals surface area contributed by atoms with Gasteiger partial charge in [-0.05, 0) is 37.7 Å². The molecule has 4 nitrogen and oxygen atoms in total. The number of piperidine rings is 1. The molecular weight excluding hydrogens is 312 g/mol. The molecule has 25 heavy (non-hydrogen) atoms. The van der Waals surface area contributed by atoms with E-state index in [0.717, 1.165) is 45.2 Å². The van der Waals surface area contributed by atoms with Gasteiger partial charge in [0.25, 0.3) is 0 Å². The van der Waals surface area contributed by atoms with Gasteiger partial charge in [-0.3, -0.25) is 9.59 Å². The molecule has 3 rings (SSSR count). The van der Waals surface area contributed by atoms with Crippen molar-refractivity contribution >= 4 is 11.8 Å². The third-order valence-corrected chi connectivity index (χ3v) is 5.59. The van der Waals surface area contributed by atoms with E-state index in [4.69, 9.17) is 0 Å². The summed E-state index contributed by atoms with van der Waals surface area (Å²) in [6, 6.07) is 10.4. The van der Waals surface area contributed by atoms with Crippen LogP contribution in [-0.2, 0) is 16.0 Å². The first-order valence-electron chi connectivity index (χ1n) is 9.37. The SMILES string of the molecule is C=CCC(=O)N1CCC2(CCCN(CCCc3ccccc3)C2=O)C1. The van der Waals surface area contributed by atoms with Crippen LogP contribution < -0.4 is 0 Å². The Morgan fingerprint density at radius 2 is 2.00 bits per heavy atom. The van der Waals surface area contributed by atoms with Gasteiger partial charge in [-0.15, -0.1) is 6.58 Å². The molecule has 1 atom stereocenters. The number of hydrogen-bond acceptors (Lipinski definition) is 2. The molecule has 134 valence electrons. The molecule has 0 aromatic heterocycles. The summed E-state index contributed by atoms with van der Waals surface area (Å²) < 4.78 is 0. The molecule has 1 aromatic carbocycles. The normalized spacial score (nSPS) is 23.3. The Kier molecular flexibility index (Phi) is 5.57. The van der Waals surface area contributed by atoms with Crippen LogP contribution >= 0.6 is 0 Å². The Morgan fingerprint density at radius 1 is 1.20 bits per heavy atom. The van der Waals surface area contributed by atoms with E-state index < -0.39 is 0 Å². The van der Waals surface area contributed by atoms with Gasteiger partial charge in [0.2, 0.25) is 11.8 Å². The van der Waals surface area contributed by atoms with Crippen LogP contribution in [0.3, 0.4) is 0 Å². The van der Waals surface area contributed by atoms with Crippen molar-refractivity contribution in [2.45, 2.75) is 38.5 Å². The molecule has 4 heteroatoms. The monoisotopic (exact) mass is 340 g/mol. The molecule has 0 aliphatic carbocycles. The van der Waals surface area contributed by atoms with Crippen LogP contribution in [0.5, 0.6) is 0 Å². The third-order valence-electron chi connectivity index (χ3n) is 5.59. The predicted molar refractivity (Wildman–Crippen MR) is 99.0 cm³/mol. The number of nitrogens with zero attached hydrogens (tertiary/aromatic N) is 2. The fraction of sp³-hybridized carbons (Fsp3) is 0.524. The van der Waals surface area contributed by atoms with Gasteiger partial charge >= 0.3 is 0 Å². The Hall–Kier alpha value is -2.10. The summed E-state index contributed by atoms with van der Waals surface area (Å²) in [5.41, 5.74) is 0.991. The lowest BCUT2D eigenvalue weighted by Gasteiger charge is -2.39. The average Bonchev–Trinajstić information content (AvgIpc) is 3.05. The van der Waals surface area contributed by atoms with Crippen LogP contribution in [0.25, 0.3) is 0 Å². The third kappa shape index (κ3) is 3.94. The second kappa shape index (κ2) is 7.85. The van der Waals surface area contributed by atoms with E-state index in [1.54, 1.807) is 6.08 Å². The highest BCUT2D eigenvalue weighted by Crippen LogP contribution is 2.40. The number of aryl methyl sites for hydroxylation is 1. The van der Waals surface area contributed by atoms with E-state index in [9.17, 15) is 9.59 Å². The van der Waals surface area contributed by atoms with Gasteiger partial charge in [-0.2, -0.15) is 0 Å². The first kappa shape index (κ1) is 17.7. The molecule has 1 unspecified atom stereocenters. The smallest absolute Gasteiger partial charge is 0.230 e. The topological polar surface area (TPSA) is 40.6 Å². The van der Waals surface area contributed by atoms with E-state index in [-0.39, 0.29) is 17.2 Å². The summed E-state index contributed by atoms with van der Waals surface area (Å²) in [6.45, 7) is 6.61. The van der Waals surface area contributed by atoms with Crippen molar-refractivity contribution in [2.24, 2.45) is 5.41 Å². The standard InChI is InChI=1S/C21H28N2O2/c1-2-8-19(24)23-16-13-21(17-23)12-7-15-22(20(21)25)14-6-11-18-9-4-3-5-10-18/h2-5,9-10H,1,6-8,11-17H2. The molecule has 0 saturated carbocycles. The zero-order chi connectivity index (χ0) is 17.7. The maximum Gasteiger partial charge on any atom is 0.230 e. The van der Waals surface area contributed by atoms with Crippen molar-refractivity contribution in [3.8, 4) is 0 Å². The molecule has 2 amide bonds. The fourth-order valence-corrected chi connectivity index (χ4v) is 4.20. The van der Waals surface area contributed by atoms with Crippen molar-refractivity contribution < 1.29 is 9.59 Å². The van der Waals surface area contributed by atoms with Crippen molar-refractivity contribution in [3.63, 3.8) is 0 Å². The summed E-state index contributed by atoms with van der Waals surface area (Å²) >= 11 is 0. The van der Waals surface area contributed by atoms with Gasteiger partial charge in [0.1, 0.15) is 0 Å². The molecular formula is C21H28N2O2. The maximum atomic E-state index is 13.1. The number of carbonyl (C=O) groups is 2. The quantitative estimate of drug-likeness (QED) is 0.747. The highest BCUT2D eigenvalue weighted by molar-refractivity contribution is 5.86. The van der Waals surface area contributed by atoms with Crippen molar-refractivity contribution in [3.05, 3.63) is 48.6 Å². The second-order valence-electron chi connectivity index (χ2n) is 7.32. The molecule has 2 saturated heterocycles. The number of carbonyl (C=O) groups excluding carboxylic acids is 2. The number of likely N-dealkylation sites (tertiary alicyclic amines) is 2. The van der Waals surface area contributed by atoms with E-state index in [1.807, 2.05) is 15.9 Å². The van der Waals surface area contributed by atoms with E-state index >= 15 is 0 Å². The summed E-state index contributed by atoms with van der Waals surface area (Å²) in [5, 5.41) is 0. The minimum absolute atomic E-state index is 0.0980. The highest BCUT2D eigenvalue weighted by Gasteiger charge is 2.48. The minimum Gasteiger partial charge on any atom is -0.342 e. The number of amides is 2. The Balaban J connectivity index is 1.56. The molecule has 0 bridgehead atoms. The Labute approximate surface area is 150 Å². The van der Waals surface area contributed by atoms with Crippen LogP contribution in [0.1, 0.15) is 37.7 Å². The number of rotatable bonds is 6. The molecule has 0 N–H and O–H groups in total. The lowest BCUT2D eigenvalue weighted by molar-refractivity contribution is -0.146. The van der Waals surface area contributed by atoms with E-state index in [0.29, 0.717) is 19.5 Å².